The molecule has 0 fully saturated rings. The van der Waals surface area contributed by atoms with Crippen LogP contribution in [0.25, 0.3) is 0 Å². The number of phosphoric ester groups is 1. The van der Waals surface area contributed by atoms with Gasteiger partial charge in [-0.25, -0.2) is 4.57 Å². The van der Waals surface area contributed by atoms with Gasteiger partial charge in [-0.1, -0.05) is 409 Å². The van der Waals surface area contributed by atoms with E-state index in [1.165, 1.54) is 372 Å². The van der Waals surface area contributed by atoms with Crippen molar-refractivity contribution >= 4 is 19.8 Å². The van der Waals surface area contributed by atoms with Crippen LogP contribution in [0.4, 0.5) is 0 Å². The lowest BCUT2D eigenvalue weighted by Crippen LogP contribution is -2.37. The largest absolute Gasteiger partial charge is 0.472 e. The van der Waals surface area contributed by atoms with Gasteiger partial charge >= 0.3 is 19.8 Å². The Morgan fingerprint density at radius 3 is 0.827 bits per heavy atom. The molecule has 2 unspecified atom stereocenters. The minimum absolute atomic E-state index is 0.0351. The van der Waals surface area contributed by atoms with E-state index in [0.717, 1.165) is 44.9 Å². The number of nitrogens with zero attached hydrogens (tertiary/aromatic N) is 1. The number of hydrogen-bond acceptors (Lipinski definition) is 7. The average Bonchev–Trinajstić information content (AvgIpc) is 1.23. The van der Waals surface area contributed by atoms with Gasteiger partial charge in [0.15, 0.2) is 6.10 Å². The third-order valence-electron chi connectivity index (χ3n) is 19.8. The van der Waals surface area contributed by atoms with Gasteiger partial charge in [0.2, 0.25) is 0 Å². The van der Waals surface area contributed by atoms with Crippen LogP contribution in [0, 0.1) is 0 Å². The summed E-state index contributed by atoms with van der Waals surface area (Å²) < 4.78 is 34.9. The SMILES string of the molecule is CCCCCCC/C=C\C/C=C\C/C=C\CCCCCCCCCCCCCCCCCCCCCCCCCCC(=O)OC(COC(=O)CCCCCCCCCCCCCCCCCCCCCCCCC/C=C\CCCCCCCCCC)COP(=O)(O)OCC[N+](C)(C)C. The Hall–Kier alpha value is -2.03. The molecule has 98 heavy (non-hydrogen) atoms. The molecule has 9 nitrogen and oxygen atoms in total. The first kappa shape index (κ1) is 96.0. The van der Waals surface area contributed by atoms with Crippen molar-refractivity contribution in [2.24, 2.45) is 0 Å². The van der Waals surface area contributed by atoms with Crippen molar-refractivity contribution in [1.82, 2.24) is 0 Å². The van der Waals surface area contributed by atoms with Crippen molar-refractivity contribution in [3.63, 3.8) is 0 Å². The Morgan fingerprint density at radius 2 is 0.551 bits per heavy atom. The third-order valence-corrected chi connectivity index (χ3v) is 20.8. The van der Waals surface area contributed by atoms with Crippen LogP contribution in [0.1, 0.15) is 450 Å². The van der Waals surface area contributed by atoms with Gasteiger partial charge in [0, 0.05) is 12.8 Å². The molecule has 0 aromatic heterocycles. The lowest BCUT2D eigenvalue weighted by Gasteiger charge is -2.24. The summed E-state index contributed by atoms with van der Waals surface area (Å²) in [5.74, 6) is -0.770. The molecule has 0 saturated carbocycles. The summed E-state index contributed by atoms with van der Waals surface area (Å²) >= 11 is 0. The molecule has 578 valence electrons. The molecule has 1 N–H and O–H groups in total. The van der Waals surface area contributed by atoms with Crippen LogP contribution in [0.2, 0.25) is 0 Å². The number of quaternary nitrogens is 1. The molecule has 0 bridgehead atoms. The first-order valence-electron chi connectivity index (χ1n) is 43.4. The highest BCUT2D eigenvalue weighted by atomic mass is 31.2. The smallest absolute Gasteiger partial charge is 0.462 e. The molecule has 0 aliphatic rings. The highest BCUT2D eigenvalue weighted by molar-refractivity contribution is 7.47. The molecule has 0 amide bonds. The monoisotopic (exact) mass is 1400 g/mol. The molecule has 0 aromatic rings. The van der Waals surface area contributed by atoms with Crippen LogP contribution >= 0.6 is 7.82 Å². The topological polar surface area (TPSA) is 108 Å². The molecule has 0 spiro atoms. The molecule has 0 rings (SSSR count). The lowest BCUT2D eigenvalue weighted by molar-refractivity contribution is -0.870. The highest BCUT2D eigenvalue weighted by Gasteiger charge is 2.27. The van der Waals surface area contributed by atoms with Crippen molar-refractivity contribution in [2.75, 3.05) is 47.5 Å². The minimum Gasteiger partial charge on any atom is -0.462 e. The number of hydrogen-bond donors (Lipinski definition) is 1. The molecule has 0 aromatic carbocycles. The summed E-state index contributed by atoms with van der Waals surface area (Å²) in [6.07, 6.45) is 106. The normalized spacial score (nSPS) is 13.2. The van der Waals surface area contributed by atoms with Gasteiger partial charge in [-0.3, -0.25) is 18.6 Å². The first-order chi connectivity index (χ1) is 48.0. The zero-order chi connectivity index (χ0) is 71.1. The Morgan fingerprint density at radius 1 is 0.316 bits per heavy atom. The predicted molar refractivity (Wildman–Crippen MR) is 427 cm³/mol. The van der Waals surface area contributed by atoms with Crippen LogP contribution in [-0.4, -0.2) is 74.9 Å². The number of esters is 2. The van der Waals surface area contributed by atoms with Gasteiger partial charge < -0.3 is 18.9 Å². The van der Waals surface area contributed by atoms with Crippen molar-refractivity contribution in [1.29, 1.82) is 0 Å². The Kier molecular flexibility index (Phi) is 77.5. The zero-order valence-corrected chi connectivity index (χ0v) is 67.2. The van der Waals surface area contributed by atoms with Crippen molar-refractivity contribution in [2.45, 2.75) is 457 Å². The Balaban J connectivity index is 3.87. The molecule has 0 aliphatic heterocycles. The lowest BCUT2D eigenvalue weighted by atomic mass is 10.0. The maximum atomic E-state index is 12.9. The van der Waals surface area contributed by atoms with E-state index in [2.05, 4.69) is 62.5 Å². The van der Waals surface area contributed by atoms with Crippen LogP contribution < -0.4 is 0 Å². The first-order valence-corrected chi connectivity index (χ1v) is 44.9. The number of allylic oxidation sites excluding steroid dienone is 8. The van der Waals surface area contributed by atoms with Gasteiger partial charge in [0.25, 0.3) is 0 Å². The van der Waals surface area contributed by atoms with E-state index < -0.39 is 26.5 Å². The Labute approximate surface area is 611 Å². The van der Waals surface area contributed by atoms with E-state index in [1.807, 2.05) is 21.1 Å². The van der Waals surface area contributed by atoms with E-state index in [0.29, 0.717) is 23.9 Å². The van der Waals surface area contributed by atoms with Crippen LogP contribution in [0.3, 0.4) is 0 Å². The fraction of sp³-hybridized carbons (Fsp3) is 0.886. The molecule has 0 radical (unpaired) electrons. The second-order valence-corrected chi connectivity index (χ2v) is 32.4. The fourth-order valence-corrected chi connectivity index (χ4v) is 13.9. The van der Waals surface area contributed by atoms with Gasteiger partial charge in [-0.15, -0.1) is 0 Å². The van der Waals surface area contributed by atoms with E-state index in [9.17, 15) is 19.0 Å². The molecule has 0 heterocycles. The van der Waals surface area contributed by atoms with Gasteiger partial charge in [0.1, 0.15) is 19.8 Å². The third kappa shape index (κ3) is 82.9. The Bertz CT molecular complexity index is 1790. The van der Waals surface area contributed by atoms with E-state index in [-0.39, 0.29) is 25.6 Å². The summed E-state index contributed by atoms with van der Waals surface area (Å²) in [6, 6.07) is 0. The van der Waals surface area contributed by atoms with Gasteiger partial charge in [0.05, 0.1) is 27.7 Å². The summed E-state index contributed by atoms with van der Waals surface area (Å²) in [4.78, 5) is 36.0. The van der Waals surface area contributed by atoms with E-state index in [1.54, 1.807) is 0 Å². The molecular formula is C88H169NO8P+. The maximum absolute atomic E-state index is 12.9. The molecule has 2 atom stereocenters. The summed E-state index contributed by atoms with van der Waals surface area (Å²) in [7, 11) is 1.50. The average molecular weight is 1400 g/mol. The highest BCUT2D eigenvalue weighted by Crippen LogP contribution is 2.43. The van der Waals surface area contributed by atoms with E-state index in [4.69, 9.17) is 18.5 Å². The van der Waals surface area contributed by atoms with Crippen LogP contribution in [0.5, 0.6) is 0 Å². The maximum Gasteiger partial charge on any atom is 0.472 e. The van der Waals surface area contributed by atoms with Gasteiger partial charge in [-0.05, 0) is 77.0 Å². The fourth-order valence-electron chi connectivity index (χ4n) is 13.2. The number of ether oxygens (including phenoxy) is 2. The molecular weight excluding hydrogens is 1230 g/mol. The van der Waals surface area contributed by atoms with Crippen molar-refractivity contribution in [3.05, 3.63) is 48.6 Å². The summed E-state index contributed by atoms with van der Waals surface area (Å²) in [5, 5.41) is 0. The number of unbranched alkanes of at least 4 members (excludes halogenated alkanes) is 60. The number of phosphoric acid groups is 1. The van der Waals surface area contributed by atoms with Crippen LogP contribution in [-0.2, 0) is 32.7 Å². The molecule has 0 saturated heterocycles. The van der Waals surface area contributed by atoms with E-state index >= 15 is 0 Å². The molecule has 0 aliphatic carbocycles. The minimum atomic E-state index is -4.39. The van der Waals surface area contributed by atoms with Crippen molar-refractivity contribution in [3.8, 4) is 0 Å². The molecule has 10 heteroatoms. The zero-order valence-electron chi connectivity index (χ0n) is 66.3. The van der Waals surface area contributed by atoms with Crippen LogP contribution in [0.15, 0.2) is 48.6 Å². The summed E-state index contributed by atoms with van der Waals surface area (Å²) in [6.45, 7) is 4.51. The van der Waals surface area contributed by atoms with Crippen molar-refractivity contribution < 1.29 is 42.1 Å². The second kappa shape index (κ2) is 79.1. The number of carbonyl (C=O) groups excluding carboxylic acids is 2. The van der Waals surface area contributed by atoms with Gasteiger partial charge in [-0.2, -0.15) is 0 Å². The number of likely N-dealkylation sites (N-methyl/N-ethyl adjacent to an activating group) is 1. The summed E-state index contributed by atoms with van der Waals surface area (Å²) in [5.41, 5.74) is 0. The predicted octanol–water partition coefficient (Wildman–Crippen LogP) is 29.1. The number of carbonyl (C=O) groups is 2. The quantitative estimate of drug-likeness (QED) is 0.0211. The second-order valence-electron chi connectivity index (χ2n) is 30.9. The standard InChI is InChI=1S/C88H168NO8P/c1-6-8-10-12-14-16-18-20-22-24-26-28-30-32-34-36-38-40-42-43-44-45-47-49-51-53-55-57-59-61-63-65-67-69-71-73-75-77-79-81-88(91)97-86(85-96-98(92,93)95-83-82-89(3,4)5)84-94-87(90)80-78-76-74-72-70-68-66-64-62-60-58-56-54-52-50-48-46-41-39-37-35-33-31-29-27-25-23-21-19-17-15-13-11-9-7-2/h18,20,24-27,30,32,86H,6-17,19,21-23,28-29,31,33-85H2,1-5H3/p+1/b20-18-,26-24-,27-25-,32-30-. The number of rotatable bonds is 82.